The number of aryl methyl sites for hydroxylation is 1. The van der Waals surface area contributed by atoms with Crippen LogP contribution in [0.4, 0.5) is 10.1 Å². The van der Waals surface area contributed by atoms with Gasteiger partial charge in [0.05, 0.1) is 16.6 Å². The molecule has 7 rings (SSSR count). The molecule has 246 valence electrons. The van der Waals surface area contributed by atoms with Gasteiger partial charge in [0.1, 0.15) is 23.1 Å². The highest BCUT2D eigenvalue weighted by atomic mass is 35.5. The minimum Gasteiger partial charge on any atom is -0.368 e. The van der Waals surface area contributed by atoms with Gasteiger partial charge in [-0.3, -0.25) is 29.5 Å². The summed E-state index contributed by atoms with van der Waals surface area (Å²) < 4.78 is 15.3. The summed E-state index contributed by atoms with van der Waals surface area (Å²) in [7, 11) is 0. The third-order valence-corrected chi connectivity index (χ3v) is 9.80. The van der Waals surface area contributed by atoms with Crippen LogP contribution in [0.1, 0.15) is 61.4 Å². The Morgan fingerprint density at radius 2 is 1.72 bits per heavy atom. The third kappa shape index (κ3) is 6.29. The molecule has 2 heterocycles. The highest BCUT2D eigenvalue weighted by Gasteiger charge is 2.36. The maximum Gasteiger partial charge on any atom is 0.274 e. The molecular weight excluding hydrogens is 621 g/mol. The first-order valence-electron chi connectivity index (χ1n) is 16.0. The van der Waals surface area contributed by atoms with E-state index in [0.717, 1.165) is 58.0 Å². The molecule has 47 heavy (non-hydrogen) atoms. The van der Waals surface area contributed by atoms with E-state index >= 15 is 4.39 Å². The number of imidazole rings is 1. The van der Waals surface area contributed by atoms with Crippen LogP contribution in [0.15, 0.2) is 53.3 Å². The molecule has 10 nitrogen and oxygen atoms in total. The molecule has 5 aromatic rings. The molecular formula is C35H39ClFN7O3. The lowest BCUT2D eigenvalue weighted by atomic mass is 9.81. The van der Waals surface area contributed by atoms with Crippen molar-refractivity contribution >= 4 is 51.8 Å². The lowest BCUT2D eigenvalue weighted by molar-refractivity contribution is -0.127. The Morgan fingerprint density at radius 1 is 1.00 bits per heavy atom. The Hall–Kier alpha value is -4.48. The molecule has 12 heteroatoms. The van der Waals surface area contributed by atoms with Crippen LogP contribution < -0.4 is 21.9 Å². The van der Waals surface area contributed by atoms with Gasteiger partial charge in [-0.05, 0) is 104 Å². The van der Waals surface area contributed by atoms with E-state index in [1.165, 1.54) is 23.8 Å². The number of nitrogens with two attached hydrogens (primary N) is 2. The highest BCUT2D eigenvalue weighted by Crippen LogP contribution is 2.40. The van der Waals surface area contributed by atoms with Crippen molar-refractivity contribution in [3.63, 3.8) is 0 Å². The Balaban J connectivity index is 0.00000386. The second-order valence-electron chi connectivity index (χ2n) is 13.0. The number of carbonyl (C=O) groups is 2. The van der Waals surface area contributed by atoms with Gasteiger partial charge in [0.25, 0.3) is 5.56 Å². The molecule has 2 fully saturated rings. The first-order valence-corrected chi connectivity index (χ1v) is 16.0. The average Bonchev–Trinajstić information content (AvgIpc) is 3.72. The number of nitrogens with one attached hydrogen (secondary N) is 3. The van der Waals surface area contributed by atoms with Crippen molar-refractivity contribution < 1.29 is 14.0 Å². The monoisotopic (exact) mass is 659 g/mol. The van der Waals surface area contributed by atoms with Crippen LogP contribution in [-0.4, -0.2) is 44.6 Å². The molecule has 3 aromatic carbocycles. The van der Waals surface area contributed by atoms with Crippen molar-refractivity contribution in [2.24, 2.45) is 23.3 Å². The van der Waals surface area contributed by atoms with Crippen LogP contribution in [0, 0.1) is 24.6 Å². The number of primary amides is 1. The number of halogens is 2. The molecule has 0 unspecified atom stereocenters. The molecule has 2 aromatic heterocycles. The lowest BCUT2D eigenvalue weighted by Gasteiger charge is -2.35. The number of rotatable bonds is 9. The summed E-state index contributed by atoms with van der Waals surface area (Å²) in [6.45, 7) is 2.63. The second-order valence-corrected chi connectivity index (χ2v) is 13.0. The van der Waals surface area contributed by atoms with Crippen molar-refractivity contribution in [2.75, 3.05) is 11.4 Å². The van der Waals surface area contributed by atoms with Crippen LogP contribution in [0.3, 0.4) is 0 Å². The number of hydrogen-bond acceptors (Lipinski definition) is 5. The Kier molecular flexibility index (Phi) is 8.95. The van der Waals surface area contributed by atoms with Gasteiger partial charge in [-0.15, -0.1) is 12.4 Å². The van der Waals surface area contributed by atoms with Gasteiger partial charge in [-0.1, -0.05) is 24.3 Å². The number of aromatic amines is 3. The van der Waals surface area contributed by atoms with E-state index in [4.69, 9.17) is 16.5 Å². The quantitative estimate of drug-likeness (QED) is 0.144. The number of amides is 2. The van der Waals surface area contributed by atoms with Gasteiger partial charge in [-0.2, -0.15) is 0 Å². The number of H-pyrrole nitrogens is 3. The SMILES string of the molecule is Cc1cc2[nH]c(C3CC3)nc2cc1-c1ccc(C[C@@H](C(N)=O)N(c2cc(F)c3c(=O)[nH][nH]c3c2)C(=O)[C@H]2CC[C@H](CN)CC2)cc1.Cl. The molecule has 0 bridgehead atoms. The number of nitrogens with zero attached hydrogens (tertiary/aromatic N) is 2. The maximum absolute atomic E-state index is 15.3. The highest BCUT2D eigenvalue weighted by molar-refractivity contribution is 6.03. The van der Waals surface area contributed by atoms with E-state index < -0.39 is 23.3 Å². The zero-order valence-corrected chi connectivity index (χ0v) is 27.0. The number of anilines is 1. The molecule has 0 radical (unpaired) electrons. The van der Waals surface area contributed by atoms with E-state index in [-0.39, 0.29) is 47.2 Å². The standard InChI is InChI=1S/C35H38FN7O3.ClH/c1-18-12-27-28(40-33(39-27)22-10-11-22)16-25(18)21-6-2-19(3-7-21)13-30(32(38)44)43(35(46)23-8-4-20(17-37)5-9-23)24-14-26(36)31-29(15-24)41-42-34(31)45;/h2-3,6-7,12,14-16,20,22-23,30H,4-5,8-11,13,17,37H2,1H3,(H2,38,44)(H,39,40)(H2,41,42,45);1H/t20-,23-,30-;/m0./s1. The van der Waals surface area contributed by atoms with Gasteiger partial charge in [0.2, 0.25) is 11.8 Å². The Morgan fingerprint density at radius 3 is 2.38 bits per heavy atom. The molecule has 0 saturated heterocycles. The molecule has 0 spiro atoms. The smallest absolute Gasteiger partial charge is 0.274 e. The topological polar surface area (TPSA) is 167 Å². The van der Waals surface area contributed by atoms with Crippen LogP contribution in [-0.2, 0) is 16.0 Å². The van der Waals surface area contributed by atoms with E-state index in [0.29, 0.717) is 31.2 Å². The second kappa shape index (κ2) is 13.0. The van der Waals surface area contributed by atoms with Crippen molar-refractivity contribution in [3.8, 4) is 11.1 Å². The van der Waals surface area contributed by atoms with E-state index in [9.17, 15) is 14.4 Å². The summed E-state index contributed by atoms with van der Waals surface area (Å²) in [4.78, 5) is 49.1. The first-order chi connectivity index (χ1) is 22.2. The fourth-order valence-electron chi connectivity index (χ4n) is 6.96. The minimum absolute atomic E-state index is 0. The summed E-state index contributed by atoms with van der Waals surface area (Å²) in [5.41, 5.74) is 17.6. The van der Waals surface area contributed by atoms with Crippen molar-refractivity contribution in [2.45, 2.75) is 63.8 Å². The Labute approximate surface area is 276 Å². The van der Waals surface area contributed by atoms with Gasteiger partial charge in [0, 0.05) is 23.9 Å². The fraction of sp³-hybridized carbons (Fsp3) is 0.371. The molecule has 2 aliphatic carbocycles. The fourth-order valence-corrected chi connectivity index (χ4v) is 6.96. The number of carbonyl (C=O) groups excluding carboxylic acids is 2. The number of fused-ring (bicyclic) bond motifs is 2. The van der Waals surface area contributed by atoms with Crippen LogP contribution in [0.5, 0.6) is 0 Å². The molecule has 2 aliphatic rings. The van der Waals surface area contributed by atoms with E-state index in [1.807, 2.05) is 24.3 Å². The van der Waals surface area contributed by atoms with Crippen molar-refractivity contribution in [1.82, 2.24) is 20.2 Å². The third-order valence-electron chi connectivity index (χ3n) is 9.80. The van der Waals surface area contributed by atoms with Crippen molar-refractivity contribution in [1.29, 1.82) is 0 Å². The predicted octanol–water partition coefficient (Wildman–Crippen LogP) is 5.34. The summed E-state index contributed by atoms with van der Waals surface area (Å²) >= 11 is 0. The number of hydrogen-bond donors (Lipinski definition) is 5. The molecule has 2 amide bonds. The first kappa shape index (κ1) is 32.5. The molecule has 1 atom stereocenters. The van der Waals surface area contributed by atoms with Gasteiger partial charge < -0.3 is 16.5 Å². The van der Waals surface area contributed by atoms with E-state index in [2.05, 4.69) is 34.2 Å². The molecule has 0 aliphatic heterocycles. The largest absolute Gasteiger partial charge is 0.368 e. The van der Waals surface area contributed by atoms with Crippen LogP contribution in [0.2, 0.25) is 0 Å². The number of benzene rings is 3. The average molecular weight is 660 g/mol. The minimum atomic E-state index is -1.09. The van der Waals surface area contributed by atoms with Crippen LogP contribution >= 0.6 is 12.4 Å². The lowest BCUT2D eigenvalue weighted by Crippen LogP contribution is -2.52. The zero-order valence-electron chi connectivity index (χ0n) is 26.1. The summed E-state index contributed by atoms with van der Waals surface area (Å²) in [6.07, 6.45) is 5.31. The zero-order chi connectivity index (χ0) is 32.1. The van der Waals surface area contributed by atoms with Gasteiger partial charge >= 0.3 is 0 Å². The molecule has 7 N–H and O–H groups in total. The molecule has 2 saturated carbocycles. The number of aromatic nitrogens is 4. The van der Waals surface area contributed by atoms with E-state index in [1.54, 1.807) is 0 Å². The summed E-state index contributed by atoms with van der Waals surface area (Å²) in [6, 6.07) is 13.6. The predicted molar refractivity (Wildman–Crippen MR) is 183 cm³/mol. The van der Waals surface area contributed by atoms with Gasteiger partial charge in [0.15, 0.2) is 0 Å². The van der Waals surface area contributed by atoms with Crippen LogP contribution in [0.25, 0.3) is 33.1 Å². The summed E-state index contributed by atoms with van der Waals surface area (Å²) in [5, 5.41) is 4.92. The maximum atomic E-state index is 15.3. The summed E-state index contributed by atoms with van der Waals surface area (Å²) in [5.74, 6) is -0.225. The van der Waals surface area contributed by atoms with Crippen molar-refractivity contribution in [3.05, 3.63) is 81.7 Å². The Bertz CT molecular complexity index is 2010. The van der Waals surface area contributed by atoms with Gasteiger partial charge in [-0.25, -0.2) is 9.37 Å². The normalized spacial score (nSPS) is 18.6.